The third kappa shape index (κ3) is 3.49. The van der Waals surface area contributed by atoms with Gasteiger partial charge in [0.15, 0.2) is 0 Å². The first-order valence-electron chi connectivity index (χ1n) is 7.04. The van der Waals surface area contributed by atoms with Crippen LogP contribution in [0.15, 0.2) is 41.5 Å². The van der Waals surface area contributed by atoms with Crippen LogP contribution in [0.5, 0.6) is 0 Å². The van der Waals surface area contributed by atoms with Crippen molar-refractivity contribution >= 4 is 11.8 Å². The highest BCUT2D eigenvalue weighted by Crippen LogP contribution is 2.23. The van der Waals surface area contributed by atoms with E-state index >= 15 is 0 Å². The zero-order valence-corrected chi connectivity index (χ0v) is 12.4. The van der Waals surface area contributed by atoms with E-state index in [4.69, 9.17) is 5.73 Å². The molecule has 5 nitrogen and oxygen atoms in total. The van der Waals surface area contributed by atoms with Gasteiger partial charge in [0, 0.05) is 12.1 Å². The summed E-state index contributed by atoms with van der Waals surface area (Å²) in [6.07, 6.45) is 0.538. The van der Waals surface area contributed by atoms with Gasteiger partial charge in [-0.2, -0.15) is 0 Å². The SMILES string of the molecule is CC1=C(C)C(NCC(N)=O)N(CCc2ccccc2)C1=O. The normalized spacial score (nSPS) is 18.5. The zero-order chi connectivity index (χ0) is 15.4. The molecule has 0 spiro atoms. The molecule has 0 saturated carbocycles. The number of carbonyl (C=O) groups excluding carboxylic acids is 2. The molecule has 0 fully saturated rings. The number of hydrogen-bond donors (Lipinski definition) is 2. The molecule has 2 amide bonds. The number of primary amides is 1. The summed E-state index contributed by atoms with van der Waals surface area (Å²) in [6.45, 7) is 4.39. The van der Waals surface area contributed by atoms with Crippen LogP contribution in [0, 0.1) is 0 Å². The molecule has 21 heavy (non-hydrogen) atoms. The van der Waals surface area contributed by atoms with Crippen molar-refractivity contribution in [3.05, 3.63) is 47.0 Å². The van der Waals surface area contributed by atoms with Crippen molar-refractivity contribution in [2.24, 2.45) is 5.73 Å². The van der Waals surface area contributed by atoms with Crippen molar-refractivity contribution in [3.8, 4) is 0 Å². The van der Waals surface area contributed by atoms with E-state index in [-0.39, 0.29) is 18.6 Å². The van der Waals surface area contributed by atoms with Crippen LogP contribution in [0.2, 0.25) is 0 Å². The maximum Gasteiger partial charge on any atom is 0.251 e. The van der Waals surface area contributed by atoms with Crippen molar-refractivity contribution in [2.75, 3.05) is 13.1 Å². The van der Waals surface area contributed by atoms with E-state index in [9.17, 15) is 9.59 Å². The molecule has 0 aromatic heterocycles. The van der Waals surface area contributed by atoms with Crippen molar-refractivity contribution in [3.63, 3.8) is 0 Å². The van der Waals surface area contributed by atoms with Crippen LogP contribution >= 0.6 is 0 Å². The number of rotatable bonds is 6. The van der Waals surface area contributed by atoms with Gasteiger partial charge < -0.3 is 10.6 Å². The Labute approximate surface area is 124 Å². The first-order valence-corrected chi connectivity index (χ1v) is 7.04. The molecular weight excluding hydrogens is 266 g/mol. The monoisotopic (exact) mass is 287 g/mol. The fourth-order valence-corrected chi connectivity index (χ4v) is 2.53. The number of nitrogens with one attached hydrogen (secondary N) is 1. The molecule has 1 aromatic carbocycles. The summed E-state index contributed by atoms with van der Waals surface area (Å²) < 4.78 is 0. The van der Waals surface area contributed by atoms with E-state index in [2.05, 4.69) is 5.32 Å². The van der Waals surface area contributed by atoms with Gasteiger partial charge >= 0.3 is 0 Å². The van der Waals surface area contributed by atoms with Gasteiger partial charge in [-0.15, -0.1) is 0 Å². The van der Waals surface area contributed by atoms with Crippen LogP contribution < -0.4 is 11.1 Å². The van der Waals surface area contributed by atoms with Crippen LogP contribution in [-0.4, -0.2) is 36.0 Å². The lowest BCUT2D eigenvalue weighted by atomic mass is 10.1. The lowest BCUT2D eigenvalue weighted by Gasteiger charge is -2.27. The summed E-state index contributed by atoms with van der Waals surface area (Å²) in [5, 5.41) is 3.05. The molecule has 2 rings (SSSR count). The predicted molar refractivity (Wildman–Crippen MR) is 81.2 cm³/mol. The average molecular weight is 287 g/mol. The fourth-order valence-electron chi connectivity index (χ4n) is 2.53. The highest BCUT2D eigenvalue weighted by Gasteiger charge is 2.34. The molecule has 3 N–H and O–H groups in total. The van der Waals surface area contributed by atoms with E-state index < -0.39 is 5.91 Å². The Hall–Kier alpha value is -2.14. The summed E-state index contributed by atoms with van der Waals surface area (Å²) in [5.74, 6) is -0.409. The molecule has 1 aromatic rings. The maximum absolute atomic E-state index is 12.3. The molecule has 1 heterocycles. The summed E-state index contributed by atoms with van der Waals surface area (Å²) in [6, 6.07) is 10.0. The average Bonchev–Trinajstić information content (AvgIpc) is 2.68. The van der Waals surface area contributed by atoms with Crippen LogP contribution in [0.4, 0.5) is 0 Å². The molecule has 0 aliphatic carbocycles. The first kappa shape index (κ1) is 15.3. The summed E-state index contributed by atoms with van der Waals surface area (Å²) in [7, 11) is 0. The Balaban J connectivity index is 2.05. The van der Waals surface area contributed by atoms with Crippen LogP contribution in [0.1, 0.15) is 19.4 Å². The predicted octanol–water partition coefficient (Wildman–Crippen LogP) is 0.809. The van der Waals surface area contributed by atoms with Crippen LogP contribution in [0.25, 0.3) is 0 Å². The van der Waals surface area contributed by atoms with Gasteiger partial charge in [-0.1, -0.05) is 30.3 Å². The number of amides is 2. The molecule has 0 radical (unpaired) electrons. The van der Waals surface area contributed by atoms with E-state index in [1.54, 1.807) is 4.90 Å². The minimum atomic E-state index is -0.428. The Morgan fingerprint density at radius 1 is 1.29 bits per heavy atom. The van der Waals surface area contributed by atoms with Crippen LogP contribution in [0.3, 0.4) is 0 Å². The summed E-state index contributed by atoms with van der Waals surface area (Å²) >= 11 is 0. The van der Waals surface area contributed by atoms with Gasteiger partial charge in [0.2, 0.25) is 5.91 Å². The summed E-state index contributed by atoms with van der Waals surface area (Å²) in [5.41, 5.74) is 8.05. The topological polar surface area (TPSA) is 75.4 Å². The van der Waals surface area contributed by atoms with Crippen LogP contribution in [-0.2, 0) is 16.0 Å². The third-order valence-electron chi connectivity index (χ3n) is 3.85. The number of hydrogen-bond acceptors (Lipinski definition) is 3. The van der Waals surface area contributed by atoms with Gasteiger partial charge in [0.05, 0.1) is 6.54 Å². The Bertz CT molecular complexity index is 566. The van der Waals surface area contributed by atoms with E-state index in [0.29, 0.717) is 6.54 Å². The zero-order valence-electron chi connectivity index (χ0n) is 12.4. The number of carbonyl (C=O) groups is 2. The van der Waals surface area contributed by atoms with E-state index in [1.807, 2.05) is 44.2 Å². The third-order valence-corrected chi connectivity index (χ3v) is 3.85. The fraction of sp³-hybridized carbons (Fsp3) is 0.375. The van der Waals surface area contributed by atoms with Crippen molar-refractivity contribution < 1.29 is 9.59 Å². The molecular formula is C16H21N3O2. The highest BCUT2D eigenvalue weighted by molar-refractivity contribution is 5.97. The Morgan fingerprint density at radius 2 is 1.95 bits per heavy atom. The molecule has 1 aliphatic rings. The van der Waals surface area contributed by atoms with Gasteiger partial charge in [-0.05, 0) is 31.4 Å². The number of nitrogens with zero attached hydrogens (tertiary/aromatic N) is 1. The Kier molecular flexibility index (Phi) is 4.75. The van der Waals surface area contributed by atoms with Gasteiger partial charge in [-0.25, -0.2) is 0 Å². The van der Waals surface area contributed by atoms with Gasteiger partial charge in [0.25, 0.3) is 5.91 Å². The second-order valence-corrected chi connectivity index (χ2v) is 5.29. The first-order chi connectivity index (χ1) is 10.0. The highest BCUT2D eigenvalue weighted by atomic mass is 16.2. The molecule has 5 heteroatoms. The molecule has 1 unspecified atom stereocenters. The second kappa shape index (κ2) is 6.54. The smallest absolute Gasteiger partial charge is 0.251 e. The molecule has 1 aliphatic heterocycles. The molecule has 1 atom stereocenters. The minimum Gasteiger partial charge on any atom is -0.369 e. The lowest BCUT2D eigenvalue weighted by Crippen LogP contribution is -2.48. The van der Waals surface area contributed by atoms with E-state index in [1.165, 1.54) is 5.56 Å². The number of benzene rings is 1. The van der Waals surface area contributed by atoms with Crippen molar-refractivity contribution in [2.45, 2.75) is 26.4 Å². The quantitative estimate of drug-likeness (QED) is 0.813. The second-order valence-electron chi connectivity index (χ2n) is 5.29. The molecule has 112 valence electrons. The molecule has 0 saturated heterocycles. The lowest BCUT2D eigenvalue weighted by molar-refractivity contribution is -0.128. The van der Waals surface area contributed by atoms with Gasteiger partial charge in [0.1, 0.15) is 6.17 Å². The van der Waals surface area contributed by atoms with Gasteiger partial charge in [-0.3, -0.25) is 14.9 Å². The minimum absolute atomic E-state index is 0.0189. The Morgan fingerprint density at radius 3 is 2.57 bits per heavy atom. The number of nitrogens with two attached hydrogens (primary N) is 1. The maximum atomic E-state index is 12.3. The van der Waals surface area contributed by atoms with Crippen molar-refractivity contribution in [1.29, 1.82) is 0 Å². The standard InChI is InChI=1S/C16H21N3O2/c1-11-12(2)16(21)19(15(11)18-10-14(17)20)9-8-13-6-4-3-5-7-13/h3-7,15,18H,8-10H2,1-2H3,(H2,17,20). The largest absolute Gasteiger partial charge is 0.369 e. The van der Waals surface area contributed by atoms with E-state index in [0.717, 1.165) is 17.6 Å². The summed E-state index contributed by atoms with van der Waals surface area (Å²) in [4.78, 5) is 25.0. The van der Waals surface area contributed by atoms with Crippen molar-refractivity contribution in [1.82, 2.24) is 10.2 Å². The molecule has 0 bridgehead atoms.